The molecule has 0 radical (unpaired) electrons. The third-order valence-electron chi connectivity index (χ3n) is 5.94. The minimum atomic E-state index is -0.634. The van der Waals surface area contributed by atoms with E-state index in [0.29, 0.717) is 24.1 Å². The number of carbonyl (C=O) groups is 1. The van der Waals surface area contributed by atoms with E-state index in [1.54, 1.807) is 6.07 Å². The lowest BCUT2D eigenvalue weighted by atomic mass is 9.97. The maximum absolute atomic E-state index is 12.7. The van der Waals surface area contributed by atoms with E-state index < -0.39 is 6.10 Å². The molecule has 1 fully saturated rings. The van der Waals surface area contributed by atoms with E-state index in [0.717, 1.165) is 44.7 Å². The summed E-state index contributed by atoms with van der Waals surface area (Å²) in [5, 5.41) is 16.6. The first-order valence-electron chi connectivity index (χ1n) is 11.0. The van der Waals surface area contributed by atoms with Crippen LogP contribution in [0.5, 0.6) is 0 Å². The molecule has 1 saturated heterocycles. The predicted octanol–water partition coefficient (Wildman–Crippen LogP) is 0.454. The monoisotopic (exact) mass is 424 g/mol. The molecule has 1 aromatic heterocycles. The number of hydrogen-bond acceptors (Lipinski definition) is 7. The van der Waals surface area contributed by atoms with E-state index >= 15 is 0 Å². The van der Waals surface area contributed by atoms with Crippen molar-refractivity contribution in [2.75, 3.05) is 51.7 Å². The number of rotatable bonds is 8. The second kappa shape index (κ2) is 9.72. The first-order chi connectivity index (χ1) is 15.0. The van der Waals surface area contributed by atoms with Crippen LogP contribution in [0.1, 0.15) is 27.3 Å². The van der Waals surface area contributed by atoms with Crippen molar-refractivity contribution in [3.8, 4) is 0 Å². The minimum Gasteiger partial charge on any atom is -0.390 e. The SMILES string of the molecule is CN(C)c1nc(CC2CNC2)cc(C(=O)NC[C@H](O)CN2CCc3ccccc3C2)n1. The number of hydrogen-bond donors (Lipinski definition) is 3. The molecule has 2 aliphatic heterocycles. The number of aliphatic hydroxyl groups is 1. The Morgan fingerprint density at radius 1 is 1.29 bits per heavy atom. The van der Waals surface area contributed by atoms with E-state index in [9.17, 15) is 9.90 Å². The van der Waals surface area contributed by atoms with Gasteiger partial charge in [-0.1, -0.05) is 24.3 Å². The van der Waals surface area contributed by atoms with Crippen LogP contribution in [0.3, 0.4) is 0 Å². The highest BCUT2D eigenvalue weighted by Crippen LogP contribution is 2.18. The Morgan fingerprint density at radius 2 is 2.06 bits per heavy atom. The molecule has 3 N–H and O–H groups in total. The summed E-state index contributed by atoms with van der Waals surface area (Å²) in [6, 6.07) is 10.2. The number of amides is 1. The minimum absolute atomic E-state index is 0.195. The van der Waals surface area contributed by atoms with Crippen LogP contribution in [-0.4, -0.2) is 78.8 Å². The van der Waals surface area contributed by atoms with Crippen molar-refractivity contribution in [3.63, 3.8) is 0 Å². The first-order valence-corrected chi connectivity index (χ1v) is 11.0. The van der Waals surface area contributed by atoms with Gasteiger partial charge in [0.25, 0.3) is 5.91 Å². The maximum atomic E-state index is 12.7. The van der Waals surface area contributed by atoms with Crippen LogP contribution in [0.4, 0.5) is 5.95 Å². The normalized spacial score (nSPS) is 17.5. The van der Waals surface area contributed by atoms with Crippen molar-refractivity contribution in [3.05, 3.63) is 52.8 Å². The molecule has 8 nitrogen and oxygen atoms in total. The topological polar surface area (TPSA) is 93.6 Å². The molecule has 1 aromatic carbocycles. The number of aromatic nitrogens is 2. The smallest absolute Gasteiger partial charge is 0.270 e. The Labute approximate surface area is 183 Å². The fourth-order valence-electron chi connectivity index (χ4n) is 4.07. The molecule has 0 spiro atoms. The van der Waals surface area contributed by atoms with Gasteiger partial charge in [-0.05, 0) is 49.0 Å². The summed E-state index contributed by atoms with van der Waals surface area (Å²) in [4.78, 5) is 25.8. The average Bonchev–Trinajstić information content (AvgIpc) is 2.74. The third kappa shape index (κ3) is 5.58. The Bertz CT molecular complexity index is 915. The van der Waals surface area contributed by atoms with Gasteiger partial charge in [0.1, 0.15) is 5.69 Å². The lowest BCUT2D eigenvalue weighted by Gasteiger charge is -2.30. The molecule has 0 aliphatic carbocycles. The molecule has 0 saturated carbocycles. The molecular weight excluding hydrogens is 392 g/mol. The van der Waals surface area contributed by atoms with Crippen LogP contribution in [0, 0.1) is 5.92 Å². The quantitative estimate of drug-likeness (QED) is 0.567. The zero-order valence-electron chi connectivity index (χ0n) is 18.3. The molecule has 4 rings (SSSR count). The number of nitrogens with zero attached hydrogens (tertiary/aromatic N) is 4. The molecule has 1 amide bonds. The summed E-state index contributed by atoms with van der Waals surface area (Å²) in [7, 11) is 3.73. The van der Waals surface area contributed by atoms with Gasteiger partial charge in [0.05, 0.1) is 6.10 Å². The standard InChI is InChI=1S/C23H32N6O2/c1-28(2)23-26-19(9-16-11-24-12-16)10-21(27-23)22(31)25-13-20(30)15-29-8-7-17-5-3-4-6-18(17)14-29/h3-6,10,16,20,24,30H,7-9,11-15H2,1-2H3,(H,25,31)/t20-/m0/s1. The third-order valence-corrected chi connectivity index (χ3v) is 5.94. The van der Waals surface area contributed by atoms with Gasteiger partial charge in [-0.2, -0.15) is 0 Å². The van der Waals surface area contributed by atoms with Crippen LogP contribution in [0.2, 0.25) is 0 Å². The first kappa shape index (κ1) is 21.7. The number of anilines is 1. The predicted molar refractivity (Wildman–Crippen MR) is 120 cm³/mol. The van der Waals surface area contributed by atoms with Crippen LogP contribution >= 0.6 is 0 Å². The van der Waals surface area contributed by atoms with Crippen molar-refractivity contribution in [2.24, 2.45) is 5.92 Å². The Hall–Kier alpha value is -2.55. The lowest BCUT2D eigenvalue weighted by molar-refractivity contribution is 0.0838. The van der Waals surface area contributed by atoms with Gasteiger partial charge in [0.15, 0.2) is 0 Å². The second-order valence-corrected chi connectivity index (χ2v) is 8.79. The highest BCUT2D eigenvalue weighted by atomic mass is 16.3. The van der Waals surface area contributed by atoms with E-state index in [-0.39, 0.29) is 12.5 Å². The second-order valence-electron chi connectivity index (χ2n) is 8.79. The van der Waals surface area contributed by atoms with Gasteiger partial charge in [-0.15, -0.1) is 0 Å². The summed E-state index contributed by atoms with van der Waals surface area (Å²) >= 11 is 0. The zero-order chi connectivity index (χ0) is 21.8. The molecule has 166 valence electrons. The van der Waals surface area contributed by atoms with Gasteiger partial charge in [-0.3, -0.25) is 9.69 Å². The van der Waals surface area contributed by atoms with Crippen LogP contribution < -0.4 is 15.5 Å². The lowest BCUT2D eigenvalue weighted by Crippen LogP contribution is -2.43. The van der Waals surface area contributed by atoms with Gasteiger partial charge >= 0.3 is 0 Å². The van der Waals surface area contributed by atoms with Crippen molar-refractivity contribution in [2.45, 2.75) is 25.5 Å². The molecule has 3 heterocycles. The largest absolute Gasteiger partial charge is 0.390 e. The number of benzene rings is 1. The Kier molecular flexibility index (Phi) is 6.80. The highest BCUT2D eigenvalue weighted by molar-refractivity contribution is 5.92. The molecule has 31 heavy (non-hydrogen) atoms. The molecule has 1 atom stereocenters. The van der Waals surface area contributed by atoms with Crippen molar-refractivity contribution >= 4 is 11.9 Å². The molecule has 2 aliphatic rings. The maximum Gasteiger partial charge on any atom is 0.270 e. The Morgan fingerprint density at radius 3 is 2.77 bits per heavy atom. The van der Waals surface area contributed by atoms with Gasteiger partial charge in [0, 0.05) is 46.0 Å². The highest BCUT2D eigenvalue weighted by Gasteiger charge is 2.22. The van der Waals surface area contributed by atoms with E-state index in [1.807, 2.05) is 19.0 Å². The number of fused-ring (bicyclic) bond motifs is 1. The van der Waals surface area contributed by atoms with Crippen molar-refractivity contribution in [1.29, 1.82) is 0 Å². The molecular formula is C23H32N6O2. The Balaban J connectivity index is 1.32. The van der Waals surface area contributed by atoms with Gasteiger partial charge in [-0.25, -0.2) is 9.97 Å². The van der Waals surface area contributed by atoms with E-state index in [4.69, 9.17) is 0 Å². The molecule has 0 unspecified atom stereocenters. The van der Waals surface area contributed by atoms with Crippen LogP contribution in [0.25, 0.3) is 0 Å². The van der Waals surface area contributed by atoms with E-state index in [2.05, 4.69) is 49.8 Å². The van der Waals surface area contributed by atoms with Crippen LogP contribution in [-0.2, 0) is 19.4 Å². The summed E-state index contributed by atoms with van der Waals surface area (Å²) in [6.07, 6.45) is 1.18. The summed E-state index contributed by atoms with van der Waals surface area (Å²) in [5.74, 6) is 0.807. The fourth-order valence-corrected chi connectivity index (χ4v) is 4.07. The zero-order valence-corrected chi connectivity index (χ0v) is 18.3. The van der Waals surface area contributed by atoms with Crippen molar-refractivity contribution < 1.29 is 9.90 Å². The van der Waals surface area contributed by atoms with E-state index in [1.165, 1.54) is 11.1 Å². The molecule has 2 aromatic rings. The average molecular weight is 425 g/mol. The number of nitrogens with one attached hydrogen (secondary N) is 2. The fraction of sp³-hybridized carbons (Fsp3) is 0.522. The molecule has 0 bridgehead atoms. The number of carbonyl (C=O) groups excluding carboxylic acids is 1. The van der Waals surface area contributed by atoms with Gasteiger partial charge < -0.3 is 20.6 Å². The summed E-state index contributed by atoms with van der Waals surface area (Å²) in [5.41, 5.74) is 3.93. The molecule has 8 heteroatoms. The number of aliphatic hydroxyl groups excluding tert-OH is 1. The van der Waals surface area contributed by atoms with Crippen molar-refractivity contribution in [1.82, 2.24) is 25.5 Å². The van der Waals surface area contributed by atoms with Gasteiger partial charge in [0.2, 0.25) is 5.95 Å². The van der Waals surface area contributed by atoms with Crippen LogP contribution in [0.15, 0.2) is 30.3 Å². The summed E-state index contributed by atoms with van der Waals surface area (Å²) in [6.45, 7) is 4.44. The number of β-amino-alcohol motifs (C(OH)–C–C–N with tert-alkyl or cyclic N) is 1. The summed E-state index contributed by atoms with van der Waals surface area (Å²) < 4.78 is 0.